The van der Waals surface area contributed by atoms with Gasteiger partial charge in [0.15, 0.2) is 0 Å². The van der Waals surface area contributed by atoms with E-state index in [4.69, 9.17) is 0 Å². The fraction of sp³-hybridized carbons (Fsp3) is 0.308. The van der Waals surface area contributed by atoms with Crippen molar-refractivity contribution in [1.82, 2.24) is 4.90 Å². The Morgan fingerprint density at radius 2 is 1.76 bits per heavy atom. The van der Waals surface area contributed by atoms with Crippen molar-refractivity contribution in [3.8, 4) is 0 Å². The normalized spacial score (nSPS) is 24.5. The second-order valence-corrected chi connectivity index (χ2v) is 4.12. The second kappa shape index (κ2) is 5.12. The number of rotatable bonds is 2. The quantitative estimate of drug-likeness (QED) is 0.720. The Balaban J connectivity index is 1.96. The van der Waals surface area contributed by atoms with Crippen molar-refractivity contribution in [2.45, 2.75) is 12.2 Å². The van der Waals surface area contributed by atoms with E-state index in [1.165, 1.54) is 11.0 Å². The van der Waals surface area contributed by atoms with E-state index in [9.17, 15) is 15.0 Å². The van der Waals surface area contributed by atoms with E-state index in [1.54, 1.807) is 6.08 Å². The van der Waals surface area contributed by atoms with Crippen LogP contribution in [0, 0.1) is 0 Å². The lowest BCUT2D eigenvalue weighted by Gasteiger charge is -2.11. The van der Waals surface area contributed by atoms with Crippen LogP contribution in [0.4, 0.5) is 0 Å². The van der Waals surface area contributed by atoms with Crippen LogP contribution in [0.2, 0.25) is 0 Å². The number of likely N-dealkylation sites (tertiary alicyclic amines) is 1. The Kier molecular flexibility index (Phi) is 3.56. The molecule has 17 heavy (non-hydrogen) atoms. The summed E-state index contributed by atoms with van der Waals surface area (Å²) in [5.74, 6) is -0.190. The van der Waals surface area contributed by atoms with E-state index < -0.39 is 12.2 Å². The monoisotopic (exact) mass is 233 g/mol. The molecule has 90 valence electrons. The summed E-state index contributed by atoms with van der Waals surface area (Å²) in [5, 5.41) is 18.7. The van der Waals surface area contributed by atoms with Gasteiger partial charge in [-0.25, -0.2) is 0 Å². The van der Waals surface area contributed by atoms with Crippen LogP contribution in [-0.2, 0) is 4.79 Å². The van der Waals surface area contributed by atoms with Crippen LogP contribution >= 0.6 is 0 Å². The standard InChI is InChI=1S/C13H15NO3/c15-11-8-14(9-12(11)16)13(17)7-6-10-4-2-1-3-5-10/h1-7,11-12,15-16H,8-9H2/t11-,12-/m0/s1. The first-order chi connectivity index (χ1) is 8.16. The number of β-amino-alcohol motifs (C(OH)–C–C–N with tert-alkyl or cyclic N) is 2. The van der Waals surface area contributed by atoms with Gasteiger partial charge in [0.1, 0.15) is 0 Å². The number of hydrogen-bond donors (Lipinski definition) is 2. The third kappa shape index (κ3) is 2.93. The Hall–Kier alpha value is -1.65. The number of aliphatic hydroxyl groups excluding tert-OH is 2. The first-order valence-electron chi connectivity index (χ1n) is 5.55. The number of aliphatic hydroxyl groups is 2. The Labute approximate surface area is 99.8 Å². The molecule has 1 saturated heterocycles. The maximum Gasteiger partial charge on any atom is 0.246 e. The maximum atomic E-state index is 11.7. The van der Waals surface area contributed by atoms with Gasteiger partial charge in [0.05, 0.1) is 12.2 Å². The van der Waals surface area contributed by atoms with Crippen LogP contribution < -0.4 is 0 Å². The summed E-state index contributed by atoms with van der Waals surface area (Å²) in [5.41, 5.74) is 0.946. The third-order valence-corrected chi connectivity index (χ3v) is 2.79. The van der Waals surface area contributed by atoms with Crippen LogP contribution in [0.5, 0.6) is 0 Å². The van der Waals surface area contributed by atoms with Gasteiger partial charge < -0.3 is 15.1 Å². The number of benzene rings is 1. The van der Waals surface area contributed by atoms with Crippen LogP contribution in [-0.4, -0.2) is 46.3 Å². The fourth-order valence-electron chi connectivity index (χ4n) is 1.79. The molecular formula is C13H15NO3. The minimum atomic E-state index is -0.830. The van der Waals surface area contributed by atoms with Crippen LogP contribution in [0.15, 0.2) is 36.4 Å². The summed E-state index contributed by atoms with van der Waals surface area (Å²) in [6, 6.07) is 9.50. The van der Waals surface area contributed by atoms with Gasteiger partial charge in [0.25, 0.3) is 0 Å². The lowest BCUT2D eigenvalue weighted by molar-refractivity contribution is -0.125. The molecule has 1 aliphatic rings. The molecule has 1 fully saturated rings. The van der Waals surface area contributed by atoms with Gasteiger partial charge >= 0.3 is 0 Å². The molecule has 4 heteroatoms. The van der Waals surface area contributed by atoms with E-state index >= 15 is 0 Å². The maximum absolute atomic E-state index is 11.7. The summed E-state index contributed by atoms with van der Waals surface area (Å²) in [4.78, 5) is 13.2. The largest absolute Gasteiger partial charge is 0.388 e. The summed E-state index contributed by atoms with van der Waals surface area (Å²) in [6.07, 6.45) is 1.52. The van der Waals surface area contributed by atoms with Crippen LogP contribution in [0.3, 0.4) is 0 Å². The predicted molar refractivity (Wildman–Crippen MR) is 64.1 cm³/mol. The molecule has 2 N–H and O–H groups in total. The molecule has 1 heterocycles. The third-order valence-electron chi connectivity index (χ3n) is 2.79. The molecular weight excluding hydrogens is 218 g/mol. The molecule has 0 spiro atoms. The summed E-state index contributed by atoms with van der Waals surface area (Å²) in [7, 11) is 0. The van der Waals surface area contributed by atoms with Crippen molar-refractivity contribution in [2.75, 3.05) is 13.1 Å². The lowest BCUT2D eigenvalue weighted by Crippen LogP contribution is -2.27. The zero-order chi connectivity index (χ0) is 12.3. The van der Waals surface area contributed by atoms with Crippen molar-refractivity contribution < 1.29 is 15.0 Å². The van der Waals surface area contributed by atoms with Gasteiger partial charge in [-0.05, 0) is 11.6 Å². The van der Waals surface area contributed by atoms with Gasteiger partial charge in [-0.3, -0.25) is 4.79 Å². The molecule has 0 unspecified atom stereocenters. The molecule has 0 aromatic heterocycles. The highest BCUT2D eigenvalue weighted by atomic mass is 16.3. The predicted octanol–water partition coefficient (Wildman–Crippen LogP) is 0.264. The average molecular weight is 233 g/mol. The zero-order valence-corrected chi connectivity index (χ0v) is 9.36. The SMILES string of the molecule is O=C(C=Cc1ccccc1)N1C[C@H](O)[C@@H](O)C1. The molecule has 4 nitrogen and oxygen atoms in total. The molecule has 0 bridgehead atoms. The number of carbonyl (C=O) groups excluding carboxylic acids is 1. The van der Waals surface area contributed by atoms with Gasteiger partial charge in [-0.1, -0.05) is 30.3 Å². The molecule has 2 rings (SSSR count). The van der Waals surface area contributed by atoms with Gasteiger partial charge in [0, 0.05) is 19.2 Å². The van der Waals surface area contributed by atoms with E-state index in [-0.39, 0.29) is 19.0 Å². The minimum Gasteiger partial charge on any atom is -0.388 e. The minimum absolute atomic E-state index is 0.190. The molecule has 2 atom stereocenters. The highest BCUT2D eigenvalue weighted by molar-refractivity contribution is 5.92. The topological polar surface area (TPSA) is 60.8 Å². The van der Waals surface area contributed by atoms with Crippen LogP contribution in [0.25, 0.3) is 6.08 Å². The highest BCUT2D eigenvalue weighted by Gasteiger charge is 2.31. The Bertz CT molecular complexity index is 406. The molecule has 1 aromatic carbocycles. The average Bonchev–Trinajstić information content (AvgIpc) is 2.68. The first-order valence-corrected chi connectivity index (χ1v) is 5.55. The molecule has 1 amide bonds. The summed E-state index contributed by atoms with van der Waals surface area (Å²) >= 11 is 0. The number of carbonyl (C=O) groups is 1. The lowest BCUT2D eigenvalue weighted by atomic mass is 10.2. The van der Waals surface area contributed by atoms with Crippen molar-refractivity contribution in [3.05, 3.63) is 42.0 Å². The molecule has 1 aromatic rings. The van der Waals surface area contributed by atoms with Gasteiger partial charge in [-0.15, -0.1) is 0 Å². The molecule has 1 aliphatic heterocycles. The molecule has 0 saturated carbocycles. The van der Waals surface area contributed by atoms with E-state index in [0.717, 1.165) is 5.56 Å². The summed E-state index contributed by atoms with van der Waals surface area (Å²) < 4.78 is 0. The molecule has 0 aliphatic carbocycles. The highest BCUT2D eigenvalue weighted by Crippen LogP contribution is 2.11. The van der Waals surface area contributed by atoms with Gasteiger partial charge in [0.2, 0.25) is 5.91 Å². The van der Waals surface area contributed by atoms with Crippen molar-refractivity contribution in [1.29, 1.82) is 0 Å². The van der Waals surface area contributed by atoms with E-state index in [1.807, 2.05) is 30.3 Å². The fourth-order valence-corrected chi connectivity index (χ4v) is 1.79. The van der Waals surface area contributed by atoms with Crippen molar-refractivity contribution >= 4 is 12.0 Å². The Morgan fingerprint density at radius 1 is 1.18 bits per heavy atom. The number of nitrogens with zero attached hydrogens (tertiary/aromatic N) is 1. The molecule has 0 radical (unpaired) electrons. The number of hydrogen-bond acceptors (Lipinski definition) is 3. The van der Waals surface area contributed by atoms with E-state index in [2.05, 4.69) is 0 Å². The first kappa shape index (κ1) is 11.8. The smallest absolute Gasteiger partial charge is 0.246 e. The van der Waals surface area contributed by atoms with E-state index in [0.29, 0.717) is 0 Å². The second-order valence-electron chi connectivity index (χ2n) is 4.12. The van der Waals surface area contributed by atoms with Crippen molar-refractivity contribution in [3.63, 3.8) is 0 Å². The number of amides is 1. The van der Waals surface area contributed by atoms with Crippen LogP contribution in [0.1, 0.15) is 5.56 Å². The van der Waals surface area contributed by atoms with Crippen molar-refractivity contribution in [2.24, 2.45) is 0 Å². The summed E-state index contributed by atoms with van der Waals surface area (Å²) in [6.45, 7) is 0.387. The Morgan fingerprint density at radius 3 is 2.35 bits per heavy atom. The zero-order valence-electron chi connectivity index (χ0n) is 9.36. The van der Waals surface area contributed by atoms with Gasteiger partial charge in [-0.2, -0.15) is 0 Å².